The minimum Gasteiger partial charge on any atom is -0.317 e. The minimum atomic E-state index is -0.391. The Morgan fingerprint density at radius 1 is 1.21 bits per heavy atom. The summed E-state index contributed by atoms with van der Waals surface area (Å²) in [7, 11) is 1.75. The summed E-state index contributed by atoms with van der Waals surface area (Å²) in [6.45, 7) is 1.80. The molecule has 28 heavy (non-hydrogen) atoms. The first-order valence-electron chi connectivity index (χ1n) is 9.37. The van der Waals surface area contributed by atoms with E-state index >= 15 is 0 Å². The number of halogens is 1. The summed E-state index contributed by atoms with van der Waals surface area (Å²) in [6.07, 6.45) is 7.07. The van der Waals surface area contributed by atoms with Gasteiger partial charge in [0.05, 0.1) is 30.9 Å². The van der Waals surface area contributed by atoms with Crippen LogP contribution in [0.1, 0.15) is 18.9 Å². The SMILES string of the molecule is Cn1c[n+]2cc(-c3ccc4c(=O)n(C5CCNCC5)ncc4c3)cc(F)c2n1. The number of fused-ring (bicyclic) bond motifs is 2. The number of pyridine rings is 1. The molecule has 142 valence electrons. The smallest absolute Gasteiger partial charge is 0.317 e. The first kappa shape index (κ1) is 17.0. The molecule has 0 unspecified atom stereocenters. The molecular formula is C20H20FN6O+. The van der Waals surface area contributed by atoms with Crippen LogP contribution in [0.2, 0.25) is 0 Å². The van der Waals surface area contributed by atoms with Crippen molar-refractivity contribution in [3.63, 3.8) is 0 Å². The van der Waals surface area contributed by atoms with E-state index in [2.05, 4.69) is 15.5 Å². The summed E-state index contributed by atoms with van der Waals surface area (Å²) in [4.78, 5) is 12.9. The van der Waals surface area contributed by atoms with Crippen LogP contribution < -0.4 is 15.3 Å². The average Bonchev–Trinajstić information content (AvgIpc) is 3.09. The van der Waals surface area contributed by atoms with Crippen molar-refractivity contribution >= 4 is 16.4 Å². The zero-order valence-electron chi connectivity index (χ0n) is 15.5. The maximum absolute atomic E-state index is 14.4. The lowest BCUT2D eigenvalue weighted by atomic mass is 10.0. The van der Waals surface area contributed by atoms with E-state index in [0.717, 1.165) is 36.9 Å². The zero-order valence-corrected chi connectivity index (χ0v) is 15.5. The molecule has 8 heteroatoms. The topological polar surface area (TPSA) is 68.8 Å². The Kier molecular flexibility index (Phi) is 3.94. The van der Waals surface area contributed by atoms with E-state index in [1.807, 2.05) is 24.4 Å². The second kappa shape index (κ2) is 6.49. The van der Waals surface area contributed by atoms with Crippen LogP contribution >= 0.6 is 0 Å². The van der Waals surface area contributed by atoms with Crippen LogP contribution in [-0.2, 0) is 7.05 Å². The molecule has 0 saturated carbocycles. The molecule has 1 aliphatic heterocycles. The van der Waals surface area contributed by atoms with E-state index in [1.165, 1.54) is 6.07 Å². The van der Waals surface area contributed by atoms with E-state index in [0.29, 0.717) is 10.9 Å². The highest BCUT2D eigenvalue weighted by Gasteiger charge is 2.19. The number of hydrogen-bond donors (Lipinski definition) is 1. The Morgan fingerprint density at radius 2 is 2.04 bits per heavy atom. The Labute approximate surface area is 160 Å². The normalized spacial score (nSPS) is 15.5. The van der Waals surface area contributed by atoms with E-state index in [-0.39, 0.29) is 17.2 Å². The summed E-state index contributed by atoms with van der Waals surface area (Å²) < 4.78 is 19.2. The van der Waals surface area contributed by atoms with E-state index in [4.69, 9.17) is 0 Å². The maximum atomic E-state index is 14.4. The fourth-order valence-corrected chi connectivity index (χ4v) is 3.93. The summed E-state index contributed by atoms with van der Waals surface area (Å²) >= 11 is 0. The molecule has 1 aromatic carbocycles. The summed E-state index contributed by atoms with van der Waals surface area (Å²) in [5.74, 6) is -0.391. The van der Waals surface area contributed by atoms with Crippen molar-refractivity contribution in [3.8, 4) is 11.1 Å². The highest BCUT2D eigenvalue weighted by molar-refractivity contribution is 5.85. The number of piperidine rings is 1. The van der Waals surface area contributed by atoms with Gasteiger partial charge in [0.25, 0.3) is 5.56 Å². The van der Waals surface area contributed by atoms with E-state index < -0.39 is 5.82 Å². The predicted octanol–water partition coefficient (Wildman–Crippen LogP) is 1.60. The fourth-order valence-electron chi connectivity index (χ4n) is 3.93. The molecule has 0 bridgehead atoms. The summed E-state index contributed by atoms with van der Waals surface area (Å²) in [5.41, 5.74) is 1.75. The van der Waals surface area contributed by atoms with Gasteiger partial charge in [0.2, 0.25) is 12.1 Å². The zero-order chi connectivity index (χ0) is 19.3. The first-order valence-corrected chi connectivity index (χ1v) is 9.37. The van der Waals surface area contributed by atoms with Crippen LogP contribution in [0.25, 0.3) is 27.5 Å². The second-order valence-corrected chi connectivity index (χ2v) is 7.27. The third-order valence-electron chi connectivity index (χ3n) is 5.36. The number of nitrogens with zero attached hydrogens (tertiary/aromatic N) is 5. The van der Waals surface area contributed by atoms with Crippen molar-refractivity contribution < 1.29 is 8.79 Å². The molecule has 0 spiro atoms. The number of hydrogen-bond acceptors (Lipinski definition) is 4. The van der Waals surface area contributed by atoms with Crippen molar-refractivity contribution in [2.75, 3.05) is 13.1 Å². The molecule has 5 rings (SSSR count). The van der Waals surface area contributed by atoms with Gasteiger partial charge in [-0.2, -0.15) is 9.49 Å². The van der Waals surface area contributed by atoms with Crippen LogP contribution in [0.5, 0.6) is 0 Å². The lowest BCUT2D eigenvalue weighted by molar-refractivity contribution is -0.513. The Bertz CT molecular complexity index is 1260. The highest BCUT2D eigenvalue weighted by Crippen LogP contribution is 2.24. The largest absolute Gasteiger partial charge is 0.341 e. The van der Waals surface area contributed by atoms with Crippen LogP contribution in [0.15, 0.2) is 47.8 Å². The number of benzene rings is 1. The number of aryl methyl sites for hydroxylation is 1. The Hall–Kier alpha value is -3.13. The quantitative estimate of drug-likeness (QED) is 0.537. The van der Waals surface area contributed by atoms with Gasteiger partial charge in [0, 0.05) is 16.0 Å². The highest BCUT2D eigenvalue weighted by atomic mass is 19.1. The molecule has 1 saturated heterocycles. The van der Waals surface area contributed by atoms with Crippen LogP contribution in [0.4, 0.5) is 4.39 Å². The van der Waals surface area contributed by atoms with Gasteiger partial charge in [-0.3, -0.25) is 4.79 Å². The molecule has 0 aliphatic carbocycles. The van der Waals surface area contributed by atoms with E-state index in [1.54, 1.807) is 33.3 Å². The predicted molar refractivity (Wildman–Crippen MR) is 102 cm³/mol. The summed E-state index contributed by atoms with van der Waals surface area (Å²) in [5, 5.41) is 13.2. The molecule has 0 amide bonds. The Morgan fingerprint density at radius 3 is 2.86 bits per heavy atom. The van der Waals surface area contributed by atoms with Crippen LogP contribution in [0, 0.1) is 5.82 Å². The molecule has 4 aromatic rings. The molecule has 1 N–H and O–H groups in total. The van der Waals surface area contributed by atoms with E-state index in [9.17, 15) is 9.18 Å². The van der Waals surface area contributed by atoms with Crippen molar-refractivity contribution in [2.45, 2.75) is 18.9 Å². The van der Waals surface area contributed by atoms with Gasteiger partial charge in [-0.05, 0) is 49.7 Å². The third-order valence-corrected chi connectivity index (χ3v) is 5.36. The Balaban J connectivity index is 1.59. The average molecular weight is 379 g/mol. The standard InChI is InChI=1S/C20H20FN6O/c1-25-12-26-11-15(9-18(21)19(26)24-25)13-2-3-17-14(8-13)10-23-27(20(17)28)16-4-6-22-7-5-16/h2-3,8-12,16,22H,4-7H2,1H3/q+1. The second-order valence-electron chi connectivity index (χ2n) is 7.27. The molecule has 7 nitrogen and oxygen atoms in total. The van der Waals surface area contributed by atoms with Gasteiger partial charge in [0.15, 0.2) is 0 Å². The molecular weight excluding hydrogens is 359 g/mol. The molecule has 1 aliphatic rings. The number of rotatable bonds is 2. The van der Waals surface area contributed by atoms with Crippen molar-refractivity contribution in [1.82, 2.24) is 24.9 Å². The van der Waals surface area contributed by atoms with Crippen LogP contribution in [0.3, 0.4) is 0 Å². The molecule has 3 aromatic heterocycles. The number of nitrogens with one attached hydrogen (secondary N) is 1. The first-order chi connectivity index (χ1) is 13.6. The monoisotopic (exact) mass is 379 g/mol. The van der Waals surface area contributed by atoms with Gasteiger partial charge < -0.3 is 5.32 Å². The number of aromatic nitrogens is 5. The van der Waals surface area contributed by atoms with Gasteiger partial charge in [-0.25, -0.2) is 9.08 Å². The van der Waals surface area contributed by atoms with Gasteiger partial charge in [0.1, 0.15) is 0 Å². The molecule has 1 fully saturated rings. The summed E-state index contributed by atoms with van der Waals surface area (Å²) in [6, 6.07) is 7.15. The molecule has 0 atom stereocenters. The molecule has 0 radical (unpaired) electrons. The molecule has 4 heterocycles. The third kappa shape index (κ3) is 2.77. The van der Waals surface area contributed by atoms with Crippen LogP contribution in [-0.4, -0.2) is 32.7 Å². The minimum absolute atomic E-state index is 0.0702. The van der Waals surface area contributed by atoms with Crippen molar-refractivity contribution in [1.29, 1.82) is 0 Å². The van der Waals surface area contributed by atoms with Gasteiger partial charge in [-0.15, -0.1) is 4.68 Å². The lowest BCUT2D eigenvalue weighted by Gasteiger charge is -2.23. The van der Waals surface area contributed by atoms with Crippen molar-refractivity contribution in [2.24, 2.45) is 7.05 Å². The fraction of sp³-hybridized carbons (Fsp3) is 0.300. The lowest BCUT2D eigenvalue weighted by Crippen LogP contribution is -2.35. The van der Waals surface area contributed by atoms with Crippen molar-refractivity contribution in [3.05, 3.63) is 59.2 Å². The van der Waals surface area contributed by atoms with Gasteiger partial charge in [-0.1, -0.05) is 6.07 Å². The maximum Gasteiger partial charge on any atom is 0.341 e. The van der Waals surface area contributed by atoms with Gasteiger partial charge >= 0.3 is 5.65 Å².